The molecule has 450 valence electrons. The number of nitrogens with one attached hydrogen (secondary N) is 2. The van der Waals surface area contributed by atoms with Gasteiger partial charge >= 0.3 is 0 Å². The Kier molecular flexibility index (Phi) is 15.3. The first-order chi connectivity index (χ1) is 39.3. The maximum absolute atomic E-state index is 14.2. The number of nitrogens with zero attached hydrogens (tertiary/aromatic N) is 4. The normalized spacial score (nSPS) is 13.7. The highest BCUT2D eigenvalue weighted by atomic mass is 16.6. The van der Waals surface area contributed by atoms with E-state index in [1.165, 1.54) is 0 Å². The summed E-state index contributed by atoms with van der Waals surface area (Å²) < 4.78 is 0. The van der Waals surface area contributed by atoms with E-state index in [1.54, 1.807) is 12.1 Å². The van der Waals surface area contributed by atoms with E-state index in [1.807, 2.05) is 24.3 Å². The Labute approximate surface area is 511 Å². The van der Waals surface area contributed by atoms with Crippen LogP contribution in [-0.2, 0) is 43.3 Å². The largest absolute Gasteiger partial charge is 0.349 e. The molecule has 0 fully saturated rings. The summed E-state index contributed by atoms with van der Waals surface area (Å²) in [6.07, 6.45) is 7.83. The van der Waals surface area contributed by atoms with Crippen LogP contribution < -0.4 is 0 Å². The average molecular weight is 1150 g/mol. The predicted octanol–water partition coefficient (Wildman–Crippen LogP) is 21.5. The van der Waals surface area contributed by atoms with Crippen molar-refractivity contribution in [3.63, 3.8) is 0 Å². The summed E-state index contributed by atoms with van der Waals surface area (Å²) in [5.74, 6) is 0. The third-order valence-corrected chi connectivity index (χ3v) is 17.1. The van der Waals surface area contributed by atoms with E-state index in [4.69, 9.17) is 9.97 Å². The number of H-pyrrole nitrogens is 2. The number of aromatic amines is 2. The molecule has 10 nitrogen and oxygen atoms in total. The van der Waals surface area contributed by atoms with Crippen molar-refractivity contribution in [2.75, 3.05) is 0 Å². The highest BCUT2D eigenvalue weighted by Gasteiger charge is 2.32. The van der Waals surface area contributed by atoms with Crippen molar-refractivity contribution in [1.29, 1.82) is 0 Å². The Morgan fingerprint density at radius 3 is 0.663 bits per heavy atom. The lowest BCUT2D eigenvalue weighted by Crippen LogP contribution is -2.16. The molecule has 9 rings (SSSR count). The maximum atomic E-state index is 14.2. The van der Waals surface area contributed by atoms with E-state index in [0.717, 1.165) is 66.8 Å². The molecule has 7 aromatic rings. The number of rotatable bonds is 6. The lowest BCUT2D eigenvalue weighted by atomic mass is 9.78. The fourth-order valence-electron chi connectivity index (χ4n) is 11.4. The number of benzene rings is 4. The molecule has 3 aromatic heterocycles. The second-order valence-corrected chi connectivity index (χ2v) is 32.5. The molecule has 86 heavy (non-hydrogen) atoms. The van der Waals surface area contributed by atoms with Crippen LogP contribution in [0.1, 0.15) is 233 Å². The van der Waals surface area contributed by atoms with Crippen LogP contribution in [0, 0.1) is 20.2 Å². The van der Waals surface area contributed by atoms with Gasteiger partial charge in [0.25, 0.3) is 11.4 Å². The van der Waals surface area contributed by atoms with Crippen LogP contribution in [-0.4, -0.2) is 29.8 Å². The van der Waals surface area contributed by atoms with Gasteiger partial charge in [0, 0.05) is 34.4 Å². The van der Waals surface area contributed by atoms with Crippen LogP contribution in [0.5, 0.6) is 0 Å². The zero-order valence-corrected chi connectivity index (χ0v) is 55.8. The van der Waals surface area contributed by atoms with E-state index in [2.05, 4.69) is 249 Å². The van der Waals surface area contributed by atoms with E-state index in [0.29, 0.717) is 56.1 Å². The first-order valence-electron chi connectivity index (χ1n) is 30.5. The zero-order chi connectivity index (χ0) is 63.7. The molecule has 0 saturated heterocycles. The van der Waals surface area contributed by atoms with Crippen molar-refractivity contribution in [2.45, 2.75) is 209 Å². The molecule has 0 saturated carbocycles. The summed E-state index contributed by atoms with van der Waals surface area (Å²) in [4.78, 5) is 46.6. The molecule has 0 unspecified atom stereocenters. The molecule has 2 aliphatic heterocycles. The fraction of sp³-hybridized carbons (Fsp3) is 0.421. The monoisotopic (exact) mass is 1150 g/mol. The van der Waals surface area contributed by atoms with Crippen LogP contribution in [0.25, 0.3) is 90.9 Å². The van der Waals surface area contributed by atoms with Crippen molar-refractivity contribution < 1.29 is 9.85 Å². The Balaban J connectivity index is 1.66. The van der Waals surface area contributed by atoms with E-state index < -0.39 is 0 Å². The lowest BCUT2D eigenvalue weighted by molar-refractivity contribution is -0.383. The molecule has 0 aliphatic carbocycles. The van der Waals surface area contributed by atoms with Crippen molar-refractivity contribution in [1.82, 2.24) is 19.9 Å². The van der Waals surface area contributed by atoms with Crippen molar-refractivity contribution in [3.05, 3.63) is 172 Å². The molecule has 8 bridgehead atoms. The second-order valence-electron chi connectivity index (χ2n) is 32.5. The van der Waals surface area contributed by atoms with Gasteiger partial charge in [-0.15, -0.1) is 0 Å². The van der Waals surface area contributed by atoms with E-state index in [9.17, 15) is 20.2 Å². The minimum atomic E-state index is -0.316. The number of fused-ring (bicyclic) bond motifs is 8. The van der Waals surface area contributed by atoms with Gasteiger partial charge < -0.3 is 9.97 Å². The summed E-state index contributed by atoms with van der Waals surface area (Å²) in [7, 11) is 0. The second kappa shape index (κ2) is 21.0. The number of hydrogen-bond donors (Lipinski definition) is 2. The van der Waals surface area contributed by atoms with E-state index in [-0.39, 0.29) is 75.6 Å². The summed E-state index contributed by atoms with van der Waals surface area (Å²) in [5.41, 5.74) is 15.2. The molecule has 0 radical (unpaired) electrons. The standard InChI is InChI=1S/C76H92N6O4/c1-69(2,3)47-29-43(30-48(37-47)70(4,5)6)63-55-25-26-56(77-55)64(44-31-49(71(7,8)9)38-50(32-44)72(10,11)12)60-42-62(82(85)86)68(80-60)66(46-35-53(75(19,20)21)40-54(36-46)76(22,23)24)58-28-27-57(78-58)65(67-61(81(83)84)41-59(63)79-67)45-33-51(73(13,14)15)39-52(34-45)74(16,17)18/h25-42,79-80H,1-24H3. The van der Waals surface area contributed by atoms with Gasteiger partial charge in [0.15, 0.2) is 0 Å². The summed E-state index contributed by atoms with van der Waals surface area (Å²) >= 11 is 0. The van der Waals surface area contributed by atoms with Crippen LogP contribution in [0.15, 0.2) is 84.9 Å². The Bertz CT molecular complexity index is 3780. The molecule has 10 heteroatoms. The topological polar surface area (TPSA) is 144 Å². The van der Waals surface area contributed by atoms with Crippen LogP contribution >= 0.6 is 0 Å². The summed E-state index contributed by atoms with van der Waals surface area (Å²) in [5, 5.41) is 28.3. The molecule has 0 amide bonds. The summed E-state index contributed by atoms with van der Waals surface area (Å²) in [6, 6.07) is 29.8. The number of hydrogen-bond acceptors (Lipinski definition) is 6. The highest BCUT2D eigenvalue weighted by molar-refractivity contribution is 6.04. The minimum absolute atomic E-state index is 0.128. The van der Waals surface area contributed by atoms with Crippen LogP contribution in [0.3, 0.4) is 0 Å². The highest BCUT2D eigenvalue weighted by Crippen LogP contribution is 2.47. The van der Waals surface area contributed by atoms with Crippen molar-refractivity contribution >= 4 is 57.7 Å². The van der Waals surface area contributed by atoms with Gasteiger partial charge in [-0.2, -0.15) is 0 Å². The molecule has 0 atom stereocenters. The smallest absolute Gasteiger partial charge is 0.295 e. The number of nitro groups is 2. The van der Waals surface area contributed by atoms with Gasteiger partial charge in [0.2, 0.25) is 0 Å². The maximum Gasteiger partial charge on any atom is 0.295 e. The average Bonchev–Trinajstić information content (AvgIpc) is 1.57. The first kappa shape index (κ1) is 62.8. The van der Waals surface area contributed by atoms with Crippen LogP contribution in [0.2, 0.25) is 0 Å². The van der Waals surface area contributed by atoms with Gasteiger partial charge in [-0.05, 0) is 134 Å². The quantitative estimate of drug-likeness (QED) is 0.125. The van der Waals surface area contributed by atoms with Crippen molar-refractivity contribution in [3.8, 4) is 44.5 Å². The predicted molar refractivity (Wildman–Crippen MR) is 364 cm³/mol. The van der Waals surface area contributed by atoms with Gasteiger partial charge in [0.1, 0.15) is 11.0 Å². The van der Waals surface area contributed by atoms with Crippen LogP contribution in [0.4, 0.5) is 11.4 Å². The van der Waals surface area contributed by atoms with Gasteiger partial charge in [-0.1, -0.05) is 239 Å². The lowest BCUT2D eigenvalue weighted by Gasteiger charge is -2.26. The minimum Gasteiger partial charge on any atom is -0.349 e. The molecule has 2 N–H and O–H groups in total. The third-order valence-electron chi connectivity index (χ3n) is 17.1. The molecular weight excluding hydrogens is 1060 g/mol. The third kappa shape index (κ3) is 12.5. The Morgan fingerprint density at radius 1 is 0.291 bits per heavy atom. The summed E-state index contributed by atoms with van der Waals surface area (Å²) in [6.45, 7) is 52.6. The molecule has 5 heterocycles. The first-order valence-corrected chi connectivity index (χ1v) is 30.5. The van der Waals surface area contributed by atoms with Gasteiger partial charge in [-0.25, -0.2) is 9.97 Å². The molecular formula is C76H92N6O4. The van der Waals surface area contributed by atoms with Gasteiger partial charge in [0.05, 0.1) is 43.7 Å². The van der Waals surface area contributed by atoms with E-state index >= 15 is 0 Å². The molecule has 0 spiro atoms. The Morgan fingerprint density at radius 2 is 0.477 bits per heavy atom. The molecule has 4 aromatic carbocycles. The van der Waals surface area contributed by atoms with Gasteiger partial charge in [-0.3, -0.25) is 20.2 Å². The number of aromatic nitrogens is 4. The molecule has 2 aliphatic rings. The SMILES string of the molecule is CC(C)(C)c1cc(-c2c3nc(c(-c4cc(C(C)(C)C)cc(C(C)(C)C)c4)c4cc([N+](=O)[O-])c([nH]4)c(-c4cc(C(C)(C)C)cc(C(C)(C)C)c4)c4nc(c(-c5cc(C(C)(C)C)cc(C(C)(C)C)c5)c5[nH]c2cc5[N+](=O)[O-])C=C4)C=C3)cc(C(C)(C)C)c1. The fourth-order valence-corrected chi connectivity index (χ4v) is 11.4. The Hall–Kier alpha value is -7.72. The zero-order valence-electron chi connectivity index (χ0n) is 55.8. The van der Waals surface area contributed by atoms with Crippen molar-refractivity contribution in [2.24, 2.45) is 0 Å².